The molecule has 0 fully saturated rings. The summed E-state index contributed by atoms with van der Waals surface area (Å²) in [7, 11) is 0. The van der Waals surface area contributed by atoms with Gasteiger partial charge in [-0.2, -0.15) is 0 Å². The van der Waals surface area contributed by atoms with Crippen LogP contribution in [0.15, 0.2) is 41.6 Å². The maximum absolute atomic E-state index is 4.22. The number of hydrogen-bond acceptors (Lipinski definition) is 3. The first-order chi connectivity index (χ1) is 8.43. The average molecular weight is 245 g/mol. The van der Waals surface area contributed by atoms with Gasteiger partial charge >= 0.3 is 0 Å². The molecule has 1 aromatic carbocycles. The standard InChI is InChI=1S/C13H15N3S/c1-2-4-12-10(3-1)11(9-17-12)14-6-5-13-15-7-8-16-13/h1-4,7-8,11,14H,5-6,9H2,(H,15,16). The molecule has 88 valence electrons. The number of nitrogens with zero attached hydrogens (tertiary/aromatic N) is 1. The van der Waals surface area contributed by atoms with Gasteiger partial charge in [-0.1, -0.05) is 18.2 Å². The van der Waals surface area contributed by atoms with Gasteiger partial charge in [0.05, 0.1) is 0 Å². The van der Waals surface area contributed by atoms with Crippen molar-refractivity contribution in [3.63, 3.8) is 0 Å². The van der Waals surface area contributed by atoms with Crippen molar-refractivity contribution in [1.29, 1.82) is 0 Å². The van der Waals surface area contributed by atoms with Gasteiger partial charge in [0, 0.05) is 42.0 Å². The van der Waals surface area contributed by atoms with Gasteiger partial charge in [-0.25, -0.2) is 4.98 Å². The molecule has 0 amide bonds. The number of H-pyrrole nitrogens is 1. The molecule has 0 spiro atoms. The molecule has 1 atom stereocenters. The Morgan fingerprint density at radius 2 is 2.35 bits per heavy atom. The van der Waals surface area contributed by atoms with Crippen LogP contribution in [0.2, 0.25) is 0 Å². The molecule has 2 N–H and O–H groups in total. The van der Waals surface area contributed by atoms with E-state index in [9.17, 15) is 0 Å². The van der Waals surface area contributed by atoms with Gasteiger partial charge in [-0.15, -0.1) is 11.8 Å². The molecule has 3 rings (SSSR count). The van der Waals surface area contributed by atoms with Gasteiger partial charge in [-0.3, -0.25) is 0 Å². The summed E-state index contributed by atoms with van der Waals surface area (Å²) >= 11 is 1.94. The zero-order valence-corrected chi connectivity index (χ0v) is 10.3. The van der Waals surface area contributed by atoms with Gasteiger partial charge in [0.1, 0.15) is 5.82 Å². The Morgan fingerprint density at radius 1 is 1.41 bits per heavy atom. The molecular formula is C13H15N3S. The second-order valence-corrected chi connectivity index (χ2v) is 5.20. The monoisotopic (exact) mass is 245 g/mol. The second-order valence-electron chi connectivity index (χ2n) is 4.14. The molecule has 1 aliphatic rings. The van der Waals surface area contributed by atoms with E-state index in [0.717, 1.165) is 24.5 Å². The van der Waals surface area contributed by atoms with Gasteiger partial charge in [-0.05, 0) is 11.6 Å². The Morgan fingerprint density at radius 3 is 3.24 bits per heavy atom. The number of thioether (sulfide) groups is 1. The fourth-order valence-corrected chi connectivity index (χ4v) is 3.33. The molecule has 0 saturated heterocycles. The Labute approximate surface area is 105 Å². The summed E-state index contributed by atoms with van der Waals surface area (Å²) in [6.07, 6.45) is 4.63. The predicted octanol–water partition coefficient (Wildman–Crippen LogP) is 2.39. The van der Waals surface area contributed by atoms with Crippen molar-refractivity contribution in [2.75, 3.05) is 12.3 Å². The number of aromatic amines is 1. The fourth-order valence-electron chi connectivity index (χ4n) is 2.13. The van der Waals surface area contributed by atoms with Gasteiger partial charge < -0.3 is 10.3 Å². The van der Waals surface area contributed by atoms with Crippen LogP contribution in [0, 0.1) is 0 Å². The van der Waals surface area contributed by atoms with Crippen LogP contribution in [0.1, 0.15) is 17.4 Å². The molecular weight excluding hydrogens is 230 g/mol. The van der Waals surface area contributed by atoms with Crippen molar-refractivity contribution in [3.05, 3.63) is 48.0 Å². The average Bonchev–Trinajstić information content (AvgIpc) is 2.99. The van der Waals surface area contributed by atoms with E-state index in [0.29, 0.717) is 6.04 Å². The van der Waals surface area contributed by atoms with Crippen LogP contribution in [-0.4, -0.2) is 22.3 Å². The minimum absolute atomic E-state index is 0.492. The Hall–Kier alpha value is -1.26. The lowest BCUT2D eigenvalue weighted by Crippen LogP contribution is -2.23. The third-order valence-corrected chi connectivity index (χ3v) is 4.19. The molecule has 0 radical (unpaired) electrons. The van der Waals surface area contributed by atoms with E-state index in [1.807, 2.05) is 18.0 Å². The number of fused-ring (bicyclic) bond motifs is 1. The van der Waals surface area contributed by atoms with E-state index >= 15 is 0 Å². The maximum Gasteiger partial charge on any atom is 0.107 e. The lowest BCUT2D eigenvalue weighted by molar-refractivity contribution is 0.579. The van der Waals surface area contributed by atoms with E-state index in [-0.39, 0.29) is 0 Å². The highest BCUT2D eigenvalue weighted by molar-refractivity contribution is 7.99. The number of aromatic nitrogens is 2. The first-order valence-corrected chi connectivity index (χ1v) is 6.85. The molecule has 1 unspecified atom stereocenters. The van der Waals surface area contributed by atoms with E-state index in [4.69, 9.17) is 0 Å². The number of imidazole rings is 1. The normalized spacial score (nSPS) is 18.2. The first kappa shape index (κ1) is 10.9. The highest BCUT2D eigenvalue weighted by Crippen LogP contribution is 2.37. The Bertz CT molecular complexity index is 481. The maximum atomic E-state index is 4.22. The first-order valence-electron chi connectivity index (χ1n) is 5.87. The third-order valence-electron chi connectivity index (χ3n) is 3.01. The van der Waals surface area contributed by atoms with Crippen molar-refractivity contribution in [1.82, 2.24) is 15.3 Å². The van der Waals surface area contributed by atoms with Crippen molar-refractivity contribution < 1.29 is 0 Å². The van der Waals surface area contributed by atoms with Crippen LogP contribution in [0.3, 0.4) is 0 Å². The van der Waals surface area contributed by atoms with E-state index < -0.39 is 0 Å². The molecule has 0 saturated carbocycles. The minimum Gasteiger partial charge on any atom is -0.349 e. The Balaban J connectivity index is 1.57. The molecule has 1 aromatic heterocycles. The van der Waals surface area contributed by atoms with E-state index in [2.05, 4.69) is 39.6 Å². The summed E-state index contributed by atoms with van der Waals surface area (Å²) in [5, 5.41) is 3.60. The fraction of sp³-hybridized carbons (Fsp3) is 0.308. The summed E-state index contributed by atoms with van der Waals surface area (Å²) < 4.78 is 0. The quantitative estimate of drug-likeness (QED) is 0.869. The van der Waals surface area contributed by atoms with Gasteiger partial charge in [0.2, 0.25) is 0 Å². The smallest absolute Gasteiger partial charge is 0.107 e. The summed E-state index contributed by atoms with van der Waals surface area (Å²) in [5.41, 5.74) is 1.44. The summed E-state index contributed by atoms with van der Waals surface area (Å²) in [6.45, 7) is 0.965. The van der Waals surface area contributed by atoms with Crippen LogP contribution >= 0.6 is 11.8 Å². The van der Waals surface area contributed by atoms with Crippen LogP contribution in [0.5, 0.6) is 0 Å². The number of rotatable bonds is 4. The molecule has 0 bridgehead atoms. The Kier molecular flexibility index (Phi) is 3.16. The highest BCUT2D eigenvalue weighted by atomic mass is 32.2. The van der Waals surface area contributed by atoms with E-state index in [1.165, 1.54) is 10.5 Å². The van der Waals surface area contributed by atoms with Crippen LogP contribution < -0.4 is 5.32 Å². The summed E-state index contributed by atoms with van der Waals surface area (Å²) in [4.78, 5) is 8.77. The topological polar surface area (TPSA) is 40.7 Å². The lowest BCUT2D eigenvalue weighted by Gasteiger charge is -2.12. The van der Waals surface area contributed by atoms with Crippen molar-refractivity contribution in [2.45, 2.75) is 17.4 Å². The van der Waals surface area contributed by atoms with Crippen molar-refractivity contribution in [2.24, 2.45) is 0 Å². The predicted molar refractivity (Wildman–Crippen MR) is 70.2 cm³/mol. The second kappa shape index (κ2) is 4.94. The molecule has 2 heterocycles. The third kappa shape index (κ3) is 2.37. The van der Waals surface area contributed by atoms with Gasteiger partial charge in [0.15, 0.2) is 0 Å². The summed E-state index contributed by atoms with van der Waals surface area (Å²) in [5.74, 6) is 2.19. The van der Waals surface area contributed by atoms with Crippen molar-refractivity contribution in [3.8, 4) is 0 Å². The van der Waals surface area contributed by atoms with Crippen LogP contribution in [0.25, 0.3) is 0 Å². The molecule has 2 aromatic rings. The minimum atomic E-state index is 0.492. The molecule has 4 heteroatoms. The SMILES string of the molecule is c1ccc2c(c1)SCC2NCCc1ncc[nH]1. The van der Waals surface area contributed by atoms with Gasteiger partial charge in [0.25, 0.3) is 0 Å². The number of benzene rings is 1. The van der Waals surface area contributed by atoms with Crippen LogP contribution in [-0.2, 0) is 6.42 Å². The highest BCUT2D eigenvalue weighted by Gasteiger charge is 2.21. The van der Waals surface area contributed by atoms with E-state index in [1.54, 1.807) is 6.20 Å². The molecule has 0 aliphatic carbocycles. The van der Waals surface area contributed by atoms with Crippen LogP contribution in [0.4, 0.5) is 0 Å². The molecule has 1 aliphatic heterocycles. The largest absolute Gasteiger partial charge is 0.349 e. The molecule has 3 nitrogen and oxygen atoms in total. The van der Waals surface area contributed by atoms with Crippen molar-refractivity contribution >= 4 is 11.8 Å². The zero-order chi connectivity index (χ0) is 11.5. The lowest BCUT2D eigenvalue weighted by atomic mass is 10.1. The zero-order valence-electron chi connectivity index (χ0n) is 9.52. The number of nitrogens with one attached hydrogen (secondary N) is 2. The summed E-state index contributed by atoms with van der Waals surface area (Å²) in [6, 6.07) is 9.14. The molecule has 17 heavy (non-hydrogen) atoms. The number of hydrogen-bond donors (Lipinski definition) is 2.